The monoisotopic (exact) mass is 347 g/mol. The van der Waals surface area contributed by atoms with Crippen molar-refractivity contribution in [2.45, 2.75) is 19.1 Å². The third-order valence-corrected chi connectivity index (χ3v) is 4.09. The van der Waals surface area contributed by atoms with Gasteiger partial charge in [0.05, 0.1) is 16.6 Å². The Bertz CT molecular complexity index is 851. The van der Waals surface area contributed by atoms with Gasteiger partial charge in [0.2, 0.25) is 0 Å². The minimum Gasteiger partial charge on any atom is -0.324 e. The zero-order valence-electron chi connectivity index (χ0n) is 14.2. The summed E-state index contributed by atoms with van der Waals surface area (Å²) in [4.78, 5) is 6.59. The molecule has 0 atom stereocenters. The zero-order valence-corrected chi connectivity index (χ0v) is 14.2. The lowest BCUT2D eigenvalue weighted by molar-refractivity contribution is -0.137. The van der Waals surface area contributed by atoms with E-state index in [1.807, 2.05) is 49.0 Å². The Labute approximate surface area is 144 Å². The number of alkyl halides is 3. The molecule has 0 N–H and O–H groups in total. The molecule has 0 bridgehead atoms. The van der Waals surface area contributed by atoms with Gasteiger partial charge in [-0.25, -0.2) is 4.98 Å². The van der Waals surface area contributed by atoms with Crippen molar-refractivity contribution in [3.8, 4) is 11.4 Å². The smallest absolute Gasteiger partial charge is 0.324 e. The molecule has 0 spiro atoms. The Kier molecular flexibility index (Phi) is 4.81. The van der Waals surface area contributed by atoms with Gasteiger partial charge in [0, 0.05) is 12.1 Å². The first-order chi connectivity index (χ1) is 11.9. The highest BCUT2D eigenvalue weighted by Gasteiger charge is 2.31. The van der Waals surface area contributed by atoms with Gasteiger partial charge in [0.1, 0.15) is 5.82 Å². The van der Waals surface area contributed by atoms with E-state index in [-0.39, 0.29) is 0 Å². The second-order valence-corrected chi connectivity index (χ2v) is 6.31. The Balaban J connectivity index is 2.08. The first-order valence-electron chi connectivity index (χ1n) is 8.14. The Hall–Kier alpha value is -2.34. The van der Waals surface area contributed by atoms with Crippen LogP contribution < -0.4 is 0 Å². The summed E-state index contributed by atoms with van der Waals surface area (Å²) in [5, 5.41) is 0. The molecule has 0 saturated carbocycles. The number of hydrogen-bond acceptors (Lipinski definition) is 2. The standard InChI is InChI=1S/C19H20F3N3/c1-24(2)11-6-12-25-17-10-9-15(19(20,21)22)13-16(17)23-18(25)14-7-4-3-5-8-14/h3-5,7-10,13H,6,11-12H2,1-2H3. The van der Waals surface area contributed by atoms with Crippen molar-refractivity contribution in [1.82, 2.24) is 14.5 Å². The van der Waals surface area contributed by atoms with Crippen molar-refractivity contribution in [1.29, 1.82) is 0 Å². The molecule has 0 saturated heterocycles. The normalized spacial score (nSPS) is 12.2. The van der Waals surface area contributed by atoms with Gasteiger partial charge >= 0.3 is 6.18 Å². The molecule has 0 amide bonds. The van der Waals surface area contributed by atoms with E-state index in [2.05, 4.69) is 9.88 Å². The van der Waals surface area contributed by atoms with Crippen LogP contribution in [-0.2, 0) is 12.7 Å². The first-order valence-corrected chi connectivity index (χ1v) is 8.14. The Morgan fingerprint density at radius 2 is 1.76 bits per heavy atom. The number of nitrogens with zero attached hydrogens (tertiary/aromatic N) is 3. The molecular weight excluding hydrogens is 327 g/mol. The van der Waals surface area contributed by atoms with E-state index < -0.39 is 11.7 Å². The maximum atomic E-state index is 13.0. The van der Waals surface area contributed by atoms with Crippen LogP contribution in [0, 0.1) is 0 Å². The number of benzene rings is 2. The fourth-order valence-corrected chi connectivity index (χ4v) is 2.89. The SMILES string of the molecule is CN(C)CCCn1c(-c2ccccc2)nc2cc(C(F)(F)F)ccc21. The van der Waals surface area contributed by atoms with Crippen molar-refractivity contribution >= 4 is 11.0 Å². The molecule has 6 heteroatoms. The van der Waals surface area contributed by atoms with Gasteiger partial charge < -0.3 is 9.47 Å². The van der Waals surface area contributed by atoms with E-state index in [0.717, 1.165) is 36.2 Å². The van der Waals surface area contributed by atoms with Crippen LogP contribution in [0.15, 0.2) is 48.5 Å². The molecule has 1 aromatic heterocycles. The van der Waals surface area contributed by atoms with E-state index in [1.165, 1.54) is 6.07 Å². The zero-order chi connectivity index (χ0) is 18.0. The molecule has 0 aliphatic carbocycles. The highest BCUT2D eigenvalue weighted by molar-refractivity contribution is 5.81. The average Bonchev–Trinajstić information content (AvgIpc) is 2.92. The van der Waals surface area contributed by atoms with Gasteiger partial charge in [-0.3, -0.25) is 0 Å². The minimum absolute atomic E-state index is 0.374. The molecule has 2 aromatic carbocycles. The highest BCUT2D eigenvalue weighted by Crippen LogP contribution is 2.33. The number of imidazole rings is 1. The number of halogens is 3. The van der Waals surface area contributed by atoms with Gasteiger partial charge in [0.25, 0.3) is 0 Å². The third kappa shape index (κ3) is 3.85. The number of aromatic nitrogens is 2. The first kappa shape index (κ1) is 17.5. The van der Waals surface area contributed by atoms with Crippen molar-refractivity contribution in [3.63, 3.8) is 0 Å². The number of hydrogen-bond donors (Lipinski definition) is 0. The molecule has 0 aliphatic rings. The molecule has 3 rings (SSSR count). The molecule has 0 fully saturated rings. The molecule has 1 heterocycles. The molecule has 0 radical (unpaired) electrons. The molecular formula is C19H20F3N3. The van der Waals surface area contributed by atoms with Crippen LogP contribution in [0.25, 0.3) is 22.4 Å². The summed E-state index contributed by atoms with van der Waals surface area (Å²) in [5.74, 6) is 0.702. The minimum atomic E-state index is -4.37. The predicted molar refractivity (Wildman–Crippen MR) is 93.3 cm³/mol. The van der Waals surface area contributed by atoms with Crippen molar-refractivity contribution in [2.75, 3.05) is 20.6 Å². The topological polar surface area (TPSA) is 21.1 Å². The van der Waals surface area contributed by atoms with Gasteiger partial charge in [-0.05, 0) is 45.3 Å². The fraction of sp³-hybridized carbons (Fsp3) is 0.316. The summed E-state index contributed by atoms with van der Waals surface area (Å²) in [5.41, 5.74) is 1.33. The van der Waals surface area contributed by atoms with Gasteiger partial charge in [-0.1, -0.05) is 30.3 Å². The van der Waals surface area contributed by atoms with Crippen molar-refractivity contribution in [3.05, 3.63) is 54.1 Å². The van der Waals surface area contributed by atoms with E-state index in [0.29, 0.717) is 17.9 Å². The van der Waals surface area contributed by atoms with Crippen LogP contribution in [0.3, 0.4) is 0 Å². The summed E-state index contributed by atoms with van der Waals surface area (Å²) in [6.07, 6.45) is -3.48. The van der Waals surface area contributed by atoms with Crippen molar-refractivity contribution < 1.29 is 13.2 Å². The largest absolute Gasteiger partial charge is 0.416 e. The summed E-state index contributed by atoms with van der Waals surface area (Å²) in [7, 11) is 4.00. The van der Waals surface area contributed by atoms with Gasteiger partial charge in [-0.2, -0.15) is 13.2 Å². The lowest BCUT2D eigenvalue weighted by Gasteiger charge is -2.13. The Morgan fingerprint density at radius 3 is 2.40 bits per heavy atom. The second-order valence-electron chi connectivity index (χ2n) is 6.31. The van der Waals surface area contributed by atoms with E-state index in [1.54, 1.807) is 0 Å². The summed E-state index contributed by atoms with van der Waals surface area (Å²) >= 11 is 0. The predicted octanol–water partition coefficient (Wildman–Crippen LogP) is 4.67. The van der Waals surface area contributed by atoms with Crippen LogP contribution >= 0.6 is 0 Å². The van der Waals surface area contributed by atoms with Gasteiger partial charge in [-0.15, -0.1) is 0 Å². The molecule has 3 aromatic rings. The van der Waals surface area contributed by atoms with E-state index in [9.17, 15) is 13.2 Å². The maximum absolute atomic E-state index is 13.0. The summed E-state index contributed by atoms with van der Waals surface area (Å²) in [6.45, 7) is 1.60. The molecule has 25 heavy (non-hydrogen) atoms. The number of fused-ring (bicyclic) bond motifs is 1. The second kappa shape index (κ2) is 6.88. The third-order valence-electron chi connectivity index (χ3n) is 4.09. The number of aryl methyl sites for hydroxylation is 1. The fourth-order valence-electron chi connectivity index (χ4n) is 2.89. The quantitative estimate of drug-likeness (QED) is 0.668. The average molecular weight is 347 g/mol. The molecule has 0 aliphatic heterocycles. The Morgan fingerprint density at radius 1 is 1.04 bits per heavy atom. The maximum Gasteiger partial charge on any atom is 0.416 e. The lowest BCUT2D eigenvalue weighted by Crippen LogP contribution is -2.15. The number of rotatable bonds is 5. The molecule has 132 valence electrons. The van der Waals surface area contributed by atoms with Crippen LogP contribution in [-0.4, -0.2) is 35.1 Å². The molecule has 3 nitrogen and oxygen atoms in total. The van der Waals surface area contributed by atoms with Crippen LogP contribution in [0.4, 0.5) is 13.2 Å². The van der Waals surface area contributed by atoms with E-state index in [4.69, 9.17) is 0 Å². The molecule has 0 unspecified atom stereocenters. The van der Waals surface area contributed by atoms with Crippen LogP contribution in [0.5, 0.6) is 0 Å². The van der Waals surface area contributed by atoms with Crippen molar-refractivity contribution in [2.24, 2.45) is 0 Å². The van der Waals surface area contributed by atoms with Gasteiger partial charge in [0.15, 0.2) is 0 Å². The lowest BCUT2D eigenvalue weighted by atomic mass is 10.2. The summed E-state index contributed by atoms with van der Waals surface area (Å²) in [6, 6.07) is 13.3. The van der Waals surface area contributed by atoms with E-state index >= 15 is 0 Å². The van der Waals surface area contributed by atoms with Crippen LogP contribution in [0.2, 0.25) is 0 Å². The highest BCUT2D eigenvalue weighted by atomic mass is 19.4. The van der Waals surface area contributed by atoms with Crippen LogP contribution in [0.1, 0.15) is 12.0 Å². The summed E-state index contributed by atoms with van der Waals surface area (Å²) < 4.78 is 41.0.